The first-order valence-corrected chi connectivity index (χ1v) is 12.8. The summed E-state index contributed by atoms with van der Waals surface area (Å²) in [5.41, 5.74) is 4.60. The Balaban J connectivity index is 1.35. The number of benzene rings is 2. The number of amides is 1. The van der Waals surface area contributed by atoms with Gasteiger partial charge < -0.3 is 14.5 Å². The van der Waals surface area contributed by atoms with Crippen molar-refractivity contribution < 1.29 is 9.53 Å². The molecule has 0 N–H and O–H groups in total. The molecule has 180 valence electrons. The standard InChI is InChI=1S/C31H34N2O2/c1-3-32(4-2)26-16-18-28(19-17-26)35-22-27-20-24-11-5-6-12-25(24)21-33(27)31(34)30-15-9-13-23-10-7-8-14-29(23)30/h5-19,23,27,29H,3-4,20-22H2,1-2H3/t23?,27-,29?/m0/s1. The van der Waals surface area contributed by atoms with Gasteiger partial charge in [0.1, 0.15) is 12.4 Å². The number of nitrogens with zero attached hydrogens (tertiary/aromatic N) is 2. The molecule has 4 heteroatoms. The Hall–Kier alpha value is -3.53. The molecule has 0 saturated carbocycles. The third-order valence-electron chi connectivity index (χ3n) is 7.42. The molecular formula is C31H34N2O2. The number of hydrogen-bond donors (Lipinski definition) is 0. The molecule has 2 aromatic rings. The van der Waals surface area contributed by atoms with E-state index >= 15 is 0 Å². The van der Waals surface area contributed by atoms with Crippen molar-refractivity contribution in [3.8, 4) is 5.75 Å². The molecule has 3 aliphatic rings. The van der Waals surface area contributed by atoms with E-state index in [2.05, 4.69) is 85.5 Å². The van der Waals surface area contributed by atoms with Gasteiger partial charge in [-0.15, -0.1) is 0 Å². The van der Waals surface area contributed by atoms with Crippen molar-refractivity contribution in [2.24, 2.45) is 11.8 Å². The Labute approximate surface area is 208 Å². The van der Waals surface area contributed by atoms with Crippen LogP contribution in [-0.4, -0.2) is 36.5 Å². The van der Waals surface area contributed by atoms with Gasteiger partial charge in [-0.1, -0.05) is 66.8 Å². The Morgan fingerprint density at radius 2 is 1.66 bits per heavy atom. The van der Waals surface area contributed by atoms with Crippen molar-refractivity contribution in [2.75, 3.05) is 24.6 Å². The van der Waals surface area contributed by atoms with Gasteiger partial charge in [-0.05, 0) is 55.7 Å². The summed E-state index contributed by atoms with van der Waals surface area (Å²) in [6.07, 6.45) is 15.4. The van der Waals surface area contributed by atoms with Crippen molar-refractivity contribution >= 4 is 11.6 Å². The van der Waals surface area contributed by atoms with E-state index in [9.17, 15) is 4.79 Å². The first-order chi connectivity index (χ1) is 17.2. The molecule has 2 aromatic carbocycles. The minimum absolute atomic E-state index is 0.0202. The summed E-state index contributed by atoms with van der Waals surface area (Å²) in [6.45, 7) is 7.37. The van der Waals surface area contributed by atoms with E-state index in [1.54, 1.807) is 0 Å². The Kier molecular flexibility index (Phi) is 6.89. The van der Waals surface area contributed by atoms with E-state index in [1.807, 2.05) is 29.2 Å². The number of hydrogen-bond acceptors (Lipinski definition) is 3. The molecule has 1 amide bonds. The molecule has 0 aromatic heterocycles. The zero-order chi connectivity index (χ0) is 24.2. The van der Waals surface area contributed by atoms with Crippen molar-refractivity contribution in [3.63, 3.8) is 0 Å². The van der Waals surface area contributed by atoms with Crippen LogP contribution in [0.25, 0.3) is 0 Å². The van der Waals surface area contributed by atoms with Gasteiger partial charge in [0.05, 0.1) is 6.04 Å². The third kappa shape index (κ3) is 4.84. The van der Waals surface area contributed by atoms with Gasteiger partial charge in [0.15, 0.2) is 0 Å². The van der Waals surface area contributed by atoms with Crippen LogP contribution in [-0.2, 0) is 17.8 Å². The van der Waals surface area contributed by atoms with Gasteiger partial charge in [-0.2, -0.15) is 0 Å². The van der Waals surface area contributed by atoms with E-state index in [4.69, 9.17) is 4.74 Å². The fourth-order valence-electron chi connectivity index (χ4n) is 5.41. The maximum Gasteiger partial charge on any atom is 0.251 e. The number of ether oxygens (including phenoxy) is 1. The molecule has 2 aliphatic carbocycles. The van der Waals surface area contributed by atoms with E-state index in [1.165, 1.54) is 16.8 Å². The van der Waals surface area contributed by atoms with E-state index in [0.29, 0.717) is 13.2 Å². The number of anilines is 1. The summed E-state index contributed by atoms with van der Waals surface area (Å²) in [4.78, 5) is 18.3. The quantitative estimate of drug-likeness (QED) is 0.523. The second-order valence-electron chi connectivity index (χ2n) is 9.42. The maximum absolute atomic E-state index is 13.9. The average molecular weight is 467 g/mol. The molecule has 1 heterocycles. The lowest BCUT2D eigenvalue weighted by Crippen LogP contribution is -2.48. The largest absolute Gasteiger partial charge is 0.491 e. The smallest absolute Gasteiger partial charge is 0.251 e. The van der Waals surface area contributed by atoms with Crippen LogP contribution >= 0.6 is 0 Å². The summed E-state index contributed by atoms with van der Waals surface area (Å²) >= 11 is 0. The second-order valence-corrected chi connectivity index (χ2v) is 9.42. The number of carbonyl (C=O) groups is 1. The SMILES string of the molecule is CCN(CC)c1ccc(OC[C@@H]2Cc3ccccc3CN2C(=O)C2=CC=CC3C=CC=CC23)cc1. The molecule has 0 saturated heterocycles. The maximum atomic E-state index is 13.9. The van der Waals surface area contributed by atoms with E-state index in [-0.39, 0.29) is 23.8 Å². The fraction of sp³-hybridized carbons (Fsp3) is 0.323. The fourth-order valence-corrected chi connectivity index (χ4v) is 5.41. The van der Waals surface area contributed by atoms with Crippen LogP contribution in [0.1, 0.15) is 25.0 Å². The molecular weight excluding hydrogens is 432 g/mol. The molecule has 0 fully saturated rings. The predicted octanol–water partition coefficient (Wildman–Crippen LogP) is 5.72. The van der Waals surface area contributed by atoms with Gasteiger partial charge in [0.25, 0.3) is 5.91 Å². The number of fused-ring (bicyclic) bond motifs is 2. The highest BCUT2D eigenvalue weighted by Crippen LogP contribution is 2.34. The highest BCUT2D eigenvalue weighted by Gasteiger charge is 2.35. The molecule has 0 spiro atoms. The van der Waals surface area contributed by atoms with Crippen molar-refractivity contribution in [2.45, 2.75) is 32.9 Å². The first kappa shape index (κ1) is 23.2. The van der Waals surface area contributed by atoms with Gasteiger partial charge >= 0.3 is 0 Å². The lowest BCUT2D eigenvalue weighted by molar-refractivity contribution is -0.131. The molecule has 4 nitrogen and oxygen atoms in total. The summed E-state index contributed by atoms with van der Waals surface area (Å²) < 4.78 is 6.27. The average Bonchev–Trinajstić information content (AvgIpc) is 2.92. The monoisotopic (exact) mass is 466 g/mol. The number of allylic oxidation sites excluding steroid dienone is 7. The van der Waals surface area contributed by atoms with Crippen LogP contribution in [0.3, 0.4) is 0 Å². The zero-order valence-electron chi connectivity index (χ0n) is 20.6. The predicted molar refractivity (Wildman–Crippen MR) is 142 cm³/mol. The summed E-state index contributed by atoms with van der Waals surface area (Å²) in [7, 11) is 0. The van der Waals surface area contributed by atoms with Gasteiger partial charge in [0, 0.05) is 42.7 Å². The Morgan fingerprint density at radius 3 is 2.43 bits per heavy atom. The Bertz CT molecular complexity index is 1170. The van der Waals surface area contributed by atoms with E-state index < -0.39 is 0 Å². The van der Waals surface area contributed by atoms with Crippen molar-refractivity contribution in [1.29, 1.82) is 0 Å². The first-order valence-electron chi connectivity index (χ1n) is 12.8. The number of carbonyl (C=O) groups excluding carboxylic acids is 1. The van der Waals surface area contributed by atoms with Crippen molar-refractivity contribution in [1.82, 2.24) is 4.90 Å². The van der Waals surface area contributed by atoms with Gasteiger partial charge in [0.2, 0.25) is 0 Å². The molecule has 0 radical (unpaired) electrons. The Morgan fingerprint density at radius 1 is 0.943 bits per heavy atom. The molecule has 2 unspecified atom stereocenters. The van der Waals surface area contributed by atoms with Crippen LogP contribution < -0.4 is 9.64 Å². The lowest BCUT2D eigenvalue weighted by Gasteiger charge is -2.39. The highest BCUT2D eigenvalue weighted by atomic mass is 16.5. The summed E-state index contributed by atoms with van der Waals surface area (Å²) in [6, 6.07) is 16.7. The van der Waals surface area contributed by atoms with Crippen LogP contribution in [0.4, 0.5) is 5.69 Å². The highest BCUT2D eigenvalue weighted by molar-refractivity contribution is 5.95. The van der Waals surface area contributed by atoms with Crippen LogP contribution in [0, 0.1) is 11.8 Å². The molecule has 1 aliphatic heterocycles. The second kappa shape index (κ2) is 10.4. The van der Waals surface area contributed by atoms with Gasteiger partial charge in [-0.25, -0.2) is 0 Å². The molecule has 3 atom stereocenters. The lowest BCUT2D eigenvalue weighted by atomic mass is 9.78. The van der Waals surface area contributed by atoms with Crippen LogP contribution in [0.2, 0.25) is 0 Å². The van der Waals surface area contributed by atoms with Gasteiger partial charge in [-0.3, -0.25) is 4.79 Å². The van der Waals surface area contributed by atoms with Crippen LogP contribution in [0.15, 0.2) is 96.6 Å². The summed E-state index contributed by atoms with van der Waals surface area (Å²) in [5, 5.41) is 0. The summed E-state index contributed by atoms with van der Waals surface area (Å²) in [5.74, 6) is 1.31. The minimum atomic E-state index is -0.0202. The van der Waals surface area contributed by atoms with E-state index in [0.717, 1.165) is 30.8 Å². The zero-order valence-corrected chi connectivity index (χ0v) is 20.6. The normalized spacial score (nSPS) is 22.3. The topological polar surface area (TPSA) is 32.8 Å². The minimum Gasteiger partial charge on any atom is -0.491 e. The van der Waals surface area contributed by atoms with Crippen LogP contribution in [0.5, 0.6) is 5.75 Å². The van der Waals surface area contributed by atoms with Crippen molar-refractivity contribution in [3.05, 3.63) is 108 Å². The third-order valence-corrected chi connectivity index (χ3v) is 7.42. The molecule has 0 bridgehead atoms. The molecule has 35 heavy (non-hydrogen) atoms. The molecule has 5 rings (SSSR count). The number of rotatable bonds is 7.